The minimum absolute atomic E-state index is 0.0191. The molecule has 148 valence electrons. The Morgan fingerprint density at radius 2 is 1.08 bits per heavy atom. The molecule has 0 saturated carbocycles. The van der Waals surface area contributed by atoms with Crippen LogP contribution in [0.1, 0.15) is 26.7 Å². The summed E-state index contributed by atoms with van der Waals surface area (Å²) in [6, 6.07) is 0. The standard InChI is InChI=1S/2C9H13BrO3/c2*1-6-7(11)2-3-8(10)9(6)12-4-5-13-9/h2*3,6-7,11H,2,4-5H2,1H3/t2*6-,7-/m11/s1. The molecule has 2 aliphatic carbocycles. The van der Waals surface area contributed by atoms with Gasteiger partial charge in [0.15, 0.2) is 0 Å². The molecule has 2 saturated heterocycles. The maximum Gasteiger partial charge on any atom is 0.206 e. The van der Waals surface area contributed by atoms with Gasteiger partial charge >= 0.3 is 0 Å². The van der Waals surface area contributed by atoms with E-state index in [1.54, 1.807) is 0 Å². The van der Waals surface area contributed by atoms with Crippen LogP contribution < -0.4 is 0 Å². The van der Waals surface area contributed by atoms with Crippen LogP contribution in [0, 0.1) is 11.8 Å². The van der Waals surface area contributed by atoms with Crippen LogP contribution >= 0.6 is 31.9 Å². The van der Waals surface area contributed by atoms with E-state index in [2.05, 4.69) is 31.9 Å². The topological polar surface area (TPSA) is 77.4 Å². The predicted molar refractivity (Wildman–Crippen MR) is 103 cm³/mol. The fraction of sp³-hybridized carbons (Fsp3) is 0.778. The second-order valence-electron chi connectivity index (χ2n) is 7.02. The number of aliphatic hydroxyl groups is 2. The van der Waals surface area contributed by atoms with Crippen molar-refractivity contribution < 1.29 is 29.2 Å². The highest BCUT2D eigenvalue weighted by atomic mass is 79.9. The van der Waals surface area contributed by atoms with E-state index in [1.165, 1.54) is 0 Å². The monoisotopic (exact) mass is 496 g/mol. The third kappa shape index (κ3) is 3.59. The van der Waals surface area contributed by atoms with Gasteiger partial charge in [-0.2, -0.15) is 0 Å². The van der Waals surface area contributed by atoms with Gasteiger partial charge < -0.3 is 29.2 Å². The summed E-state index contributed by atoms with van der Waals surface area (Å²) in [7, 11) is 0. The quantitative estimate of drug-likeness (QED) is 0.536. The van der Waals surface area contributed by atoms with Gasteiger partial charge in [0.05, 0.1) is 47.6 Å². The average Bonchev–Trinajstić information content (AvgIpc) is 3.31. The molecule has 0 radical (unpaired) electrons. The minimum Gasteiger partial charge on any atom is -0.392 e. The van der Waals surface area contributed by atoms with E-state index in [0.717, 1.165) is 8.96 Å². The zero-order chi connectivity index (χ0) is 18.9. The van der Waals surface area contributed by atoms with Crippen molar-refractivity contribution in [1.29, 1.82) is 0 Å². The van der Waals surface area contributed by atoms with Crippen LogP contribution in [0.15, 0.2) is 21.1 Å². The summed E-state index contributed by atoms with van der Waals surface area (Å²) in [4.78, 5) is 0. The molecule has 2 heterocycles. The van der Waals surface area contributed by atoms with Crippen LogP contribution in [0.25, 0.3) is 0 Å². The Labute approximate surface area is 170 Å². The summed E-state index contributed by atoms with van der Waals surface area (Å²) in [6.45, 7) is 6.29. The van der Waals surface area contributed by atoms with Crippen LogP contribution in [0.2, 0.25) is 0 Å². The summed E-state index contributed by atoms with van der Waals surface area (Å²) in [5.41, 5.74) is 0. The Bertz CT molecular complexity index is 516. The molecular formula is C18H26Br2O6. The Kier molecular flexibility index (Phi) is 6.67. The summed E-state index contributed by atoms with van der Waals surface area (Å²) >= 11 is 6.88. The molecule has 2 aliphatic heterocycles. The molecule has 26 heavy (non-hydrogen) atoms. The first kappa shape index (κ1) is 20.9. The molecule has 0 amide bonds. The van der Waals surface area contributed by atoms with E-state index >= 15 is 0 Å². The third-order valence-electron chi connectivity index (χ3n) is 5.53. The van der Waals surface area contributed by atoms with Gasteiger partial charge in [-0.25, -0.2) is 0 Å². The van der Waals surface area contributed by atoms with Gasteiger partial charge in [0.2, 0.25) is 11.6 Å². The van der Waals surface area contributed by atoms with E-state index < -0.39 is 11.6 Å². The molecule has 0 aromatic heterocycles. The molecule has 2 fully saturated rings. The van der Waals surface area contributed by atoms with Gasteiger partial charge in [0.1, 0.15) is 0 Å². The molecule has 4 rings (SSSR count). The van der Waals surface area contributed by atoms with E-state index in [1.807, 2.05) is 26.0 Å². The van der Waals surface area contributed by atoms with Crippen molar-refractivity contribution in [3.8, 4) is 0 Å². The van der Waals surface area contributed by atoms with Gasteiger partial charge in [0, 0.05) is 11.8 Å². The van der Waals surface area contributed by atoms with Crippen molar-refractivity contribution in [3.63, 3.8) is 0 Å². The predicted octanol–water partition coefficient (Wildman–Crippen LogP) is 2.82. The van der Waals surface area contributed by atoms with Gasteiger partial charge in [-0.05, 0) is 12.8 Å². The first-order chi connectivity index (χ1) is 12.3. The molecule has 0 bridgehead atoms. The smallest absolute Gasteiger partial charge is 0.206 e. The van der Waals surface area contributed by atoms with Crippen LogP contribution in [-0.4, -0.2) is 60.4 Å². The summed E-state index contributed by atoms with van der Waals surface area (Å²) in [5.74, 6) is -1.46. The maximum absolute atomic E-state index is 9.70. The minimum atomic E-state index is -0.711. The number of ether oxygens (including phenoxy) is 4. The lowest BCUT2D eigenvalue weighted by molar-refractivity contribution is -0.183. The molecule has 0 unspecified atom stereocenters. The second kappa shape index (κ2) is 8.29. The number of rotatable bonds is 0. The fourth-order valence-corrected chi connectivity index (χ4v) is 5.29. The van der Waals surface area contributed by atoms with Crippen molar-refractivity contribution in [2.75, 3.05) is 26.4 Å². The second-order valence-corrected chi connectivity index (χ2v) is 8.73. The largest absolute Gasteiger partial charge is 0.392 e. The molecule has 2 N–H and O–H groups in total. The molecule has 6 nitrogen and oxygen atoms in total. The number of hydrogen-bond donors (Lipinski definition) is 2. The number of aliphatic hydroxyl groups excluding tert-OH is 2. The normalized spacial score (nSPS) is 37.9. The number of halogens is 2. The lowest BCUT2D eigenvalue weighted by Crippen LogP contribution is -2.46. The molecule has 4 aliphatic rings. The van der Waals surface area contributed by atoms with Crippen LogP contribution in [0.4, 0.5) is 0 Å². The summed E-state index contributed by atoms with van der Waals surface area (Å²) in [6.07, 6.45) is 4.43. The molecular weight excluding hydrogens is 472 g/mol. The number of hydrogen-bond acceptors (Lipinski definition) is 6. The van der Waals surface area contributed by atoms with Crippen molar-refractivity contribution in [1.82, 2.24) is 0 Å². The lowest BCUT2D eigenvalue weighted by atomic mass is 9.87. The third-order valence-corrected chi connectivity index (χ3v) is 7.28. The first-order valence-corrected chi connectivity index (χ1v) is 10.6. The van der Waals surface area contributed by atoms with Crippen LogP contribution in [0.5, 0.6) is 0 Å². The Morgan fingerprint density at radius 3 is 1.38 bits per heavy atom. The van der Waals surface area contributed by atoms with E-state index in [9.17, 15) is 10.2 Å². The molecule has 0 aromatic carbocycles. The van der Waals surface area contributed by atoms with E-state index in [0.29, 0.717) is 39.3 Å². The van der Waals surface area contributed by atoms with E-state index in [-0.39, 0.29) is 24.0 Å². The van der Waals surface area contributed by atoms with Gasteiger partial charge in [-0.1, -0.05) is 57.9 Å². The van der Waals surface area contributed by atoms with Crippen molar-refractivity contribution in [2.24, 2.45) is 11.8 Å². The Morgan fingerprint density at radius 1 is 0.769 bits per heavy atom. The highest BCUT2D eigenvalue weighted by Gasteiger charge is 2.50. The highest BCUT2D eigenvalue weighted by Crippen LogP contribution is 2.44. The van der Waals surface area contributed by atoms with Crippen molar-refractivity contribution >= 4 is 31.9 Å². The molecule has 8 heteroatoms. The summed E-state index contributed by atoms with van der Waals surface area (Å²) in [5, 5.41) is 19.4. The van der Waals surface area contributed by atoms with Crippen molar-refractivity contribution in [3.05, 3.63) is 21.1 Å². The van der Waals surface area contributed by atoms with Crippen LogP contribution in [-0.2, 0) is 18.9 Å². The summed E-state index contributed by atoms with van der Waals surface area (Å²) < 4.78 is 24.1. The Hall–Kier alpha value is 0.200. The zero-order valence-corrected chi connectivity index (χ0v) is 18.2. The average molecular weight is 498 g/mol. The first-order valence-electron chi connectivity index (χ1n) is 8.97. The fourth-order valence-electron chi connectivity index (χ4n) is 3.74. The maximum atomic E-state index is 9.70. The lowest BCUT2D eigenvalue weighted by Gasteiger charge is -2.38. The van der Waals surface area contributed by atoms with Crippen molar-refractivity contribution in [2.45, 2.75) is 50.5 Å². The van der Waals surface area contributed by atoms with E-state index in [4.69, 9.17) is 18.9 Å². The molecule has 4 atom stereocenters. The molecule has 0 aromatic rings. The Balaban J connectivity index is 0.000000151. The van der Waals surface area contributed by atoms with Gasteiger partial charge in [-0.15, -0.1) is 0 Å². The van der Waals surface area contributed by atoms with Gasteiger partial charge in [0.25, 0.3) is 0 Å². The van der Waals surface area contributed by atoms with Gasteiger partial charge in [-0.3, -0.25) is 0 Å². The SMILES string of the molecule is C[C@@H]1[C@H](O)CC=C(Br)C12OCCO2.C[C@@H]1[C@H](O)CC=C(Br)C12OCCO2. The molecule has 2 spiro atoms. The van der Waals surface area contributed by atoms with Crippen LogP contribution in [0.3, 0.4) is 0 Å². The highest BCUT2D eigenvalue weighted by molar-refractivity contribution is 9.12. The zero-order valence-electron chi connectivity index (χ0n) is 15.0.